The molecule has 0 saturated carbocycles. The van der Waals surface area contributed by atoms with Gasteiger partial charge >= 0.3 is 0 Å². The van der Waals surface area contributed by atoms with Crippen LogP contribution in [0.25, 0.3) is 0 Å². The molecule has 2 N–H and O–H groups in total. The van der Waals surface area contributed by atoms with E-state index in [1.807, 2.05) is 17.5 Å². The van der Waals surface area contributed by atoms with Crippen LogP contribution in [-0.2, 0) is 10.0 Å². The van der Waals surface area contributed by atoms with Crippen molar-refractivity contribution in [3.05, 3.63) is 46.7 Å². The molecule has 1 saturated heterocycles. The predicted molar refractivity (Wildman–Crippen MR) is 81.0 cm³/mol. The van der Waals surface area contributed by atoms with Crippen LogP contribution in [0.15, 0.2) is 46.7 Å². The molecule has 1 atom stereocenters. The van der Waals surface area contributed by atoms with Gasteiger partial charge in [0.05, 0.1) is 10.9 Å². The van der Waals surface area contributed by atoms with Gasteiger partial charge in [-0.15, -0.1) is 11.3 Å². The topological polar surface area (TPSA) is 63.4 Å². The number of thiophene rings is 1. The Hall–Kier alpha value is -1.37. The zero-order valence-electron chi connectivity index (χ0n) is 10.9. The molecule has 0 aliphatic carbocycles. The van der Waals surface area contributed by atoms with Gasteiger partial charge in [-0.1, -0.05) is 6.07 Å². The number of benzene rings is 1. The van der Waals surface area contributed by atoms with Gasteiger partial charge in [-0.3, -0.25) is 0 Å². The maximum atomic E-state index is 12.7. The van der Waals surface area contributed by atoms with E-state index in [0.717, 1.165) is 17.7 Å². The highest BCUT2D eigenvalue weighted by molar-refractivity contribution is 7.89. The molecular formula is C14H16N2O2S2. The molecule has 0 radical (unpaired) electrons. The smallest absolute Gasteiger partial charge is 0.243 e. The molecule has 1 aliphatic rings. The number of rotatable bonds is 3. The van der Waals surface area contributed by atoms with E-state index in [4.69, 9.17) is 5.73 Å². The lowest BCUT2D eigenvalue weighted by molar-refractivity contribution is 0.401. The molecule has 0 bridgehead atoms. The van der Waals surface area contributed by atoms with Crippen molar-refractivity contribution in [2.75, 3.05) is 12.3 Å². The maximum absolute atomic E-state index is 12.7. The third kappa shape index (κ3) is 2.34. The van der Waals surface area contributed by atoms with Gasteiger partial charge in [-0.2, -0.15) is 4.31 Å². The second-order valence-corrected chi connectivity index (χ2v) is 7.73. The van der Waals surface area contributed by atoms with Gasteiger partial charge in [0.1, 0.15) is 0 Å². The standard InChI is InChI=1S/C14H16N2O2S2/c15-11-5-7-12(8-6-11)20(17,18)16-9-1-3-13(16)14-4-2-10-19-14/h2,4-8,10,13H,1,3,9,15H2. The van der Waals surface area contributed by atoms with Gasteiger partial charge in [-0.05, 0) is 48.6 Å². The summed E-state index contributed by atoms with van der Waals surface area (Å²) in [7, 11) is -3.45. The number of sulfonamides is 1. The maximum Gasteiger partial charge on any atom is 0.243 e. The van der Waals surface area contributed by atoms with Gasteiger partial charge in [0, 0.05) is 17.1 Å². The van der Waals surface area contributed by atoms with Crippen LogP contribution in [0.4, 0.5) is 5.69 Å². The molecule has 0 spiro atoms. The van der Waals surface area contributed by atoms with Crippen molar-refractivity contribution in [3.8, 4) is 0 Å². The summed E-state index contributed by atoms with van der Waals surface area (Å²) in [5.41, 5.74) is 6.19. The van der Waals surface area contributed by atoms with Crippen LogP contribution in [-0.4, -0.2) is 19.3 Å². The van der Waals surface area contributed by atoms with Gasteiger partial charge in [0.15, 0.2) is 0 Å². The lowest BCUT2D eigenvalue weighted by Gasteiger charge is -2.23. The van der Waals surface area contributed by atoms with Crippen LogP contribution in [0.2, 0.25) is 0 Å². The van der Waals surface area contributed by atoms with Crippen LogP contribution in [0.1, 0.15) is 23.8 Å². The van der Waals surface area contributed by atoms with Crippen molar-refractivity contribution in [3.63, 3.8) is 0 Å². The van der Waals surface area contributed by atoms with Crippen LogP contribution in [0.3, 0.4) is 0 Å². The Morgan fingerprint density at radius 2 is 1.95 bits per heavy atom. The van der Waals surface area contributed by atoms with Crippen LogP contribution < -0.4 is 5.73 Å². The first kappa shape index (κ1) is 13.6. The summed E-state index contributed by atoms with van der Waals surface area (Å²) in [6, 6.07) is 10.4. The number of hydrogen-bond donors (Lipinski definition) is 1. The molecule has 6 heteroatoms. The minimum atomic E-state index is -3.45. The molecule has 3 rings (SSSR count). The number of hydrogen-bond acceptors (Lipinski definition) is 4. The highest BCUT2D eigenvalue weighted by Gasteiger charge is 2.36. The second kappa shape index (κ2) is 5.20. The fourth-order valence-corrected chi connectivity index (χ4v) is 5.18. The normalized spacial score (nSPS) is 20.3. The zero-order chi connectivity index (χ0) is 14.2. The first-order chi connectivity index (χ1) is 9.59. The lowest BCUT2D eigenvalue weighted by Crippen LogP contribution is -2.30. The van der Waals surface area contributed by atoms with E-state index >= 15 is 0 Å². The van der Waals surface area contributed by atoms with E-state index in [1.165, 1.54) is 0 Å². The summed E-state index contributed by atoms with van der Waals surface area (Å²) in [5, 5.41) is 1.99. The summed E-state index contributed by atoms with van der Waals surface area (Å²) in [6.45, 7) is 0.579. The molecule has 2 aromatic rings. The van der Waals surface area contributed by atoms with E-state index in [-0.39, 0.29) is 6.04 Å². The zero-order valence-corrected chi connectivity index (χ0v) is 12.5. The van der Waals surface area contributed by atoms with Crippen molar-refractivity contribution in [1.29, 1.82) is 0 Å². The Labute approximate surface area is 122 Å². The number of nitrogen functional groups attached to an aromatic ring is 1. The predicted octanol–water partition coefficient (Wildman–Crippen LogP) is 2.86. The summed E-state index contributed by atoms with van der Waals surface area (Å²) >= 11 is 1.61. The average Bonchev–Trinajstić information content (AvgIpc) is 3.10. The summed E-state index contributed by atoms with van der Waals surface area (Å²) in [4.78, 5) is 1.43. The van der Waals surface area contributed by atoms with E-state index in [9.17, 15) is 8.42 Å². The number of nitrogens with two attached hydrogens (primary N) is 1. The molecule has 1 aliphatic heterocycles. The second-order valence-electron chi connectivity index (χ2n) is 4.86. The molecule has 1 fully saturated rings. The van der Waals surface area contributed by atoms with Crippen LogP contribution >= 0.6 is 11.3 Å². The van der Waals surface area contributed by atoms with Crippen LogP contribution in [0.5, 0.6) is 0 Å². The van der Waals surface area contributed by atoms with E-state index in [2.05, 4.69) is 0 Å². The Kier molecular flexibility index (Phi) is 3.54. The third-order valence-electron chi connectivity index (χ3n) is 3.56. The Morgan fingerprint density at radius 1 is 1.20 bits per heavy atom. The first-order valence-electron chi connectivity index (χ1n) is 6.50. The average molecular weight is 308 g/mol. The van der Waals surface area contributed by atoms with Gasteiger partial charge in [0.25, 0.3) is 0 Å². The molecule has 106 valence electrons. The molecule has 0 amide bonds. The van der Waals surface area contributed by atoms with Gasteiger partial charge in [0.2, 0.25) is 10.0 Å². The fraction of sp³-hybridized carbons (Fsp3) is 0.286. The van der Waals surface area contributed by atoms with Crippen LogP contribution in [0, 0.1) is 0 Å². The molecular weight excluding hydrogens is 292 g/mol. The van der Waals surface area contributed by atoms with Gasteiger partial charge in [-0.25, -0.2) is 8.42 Å². The largest absolute Gasteiger partial charge is 0.399 e. The minimum absolute atomic E-state index is 0.0300. The van der Waals surface area contributed by atoms with Crippen molar-refractivity contribution >= 4 is 27.0 Å². The van der Waals surface area contributed by atoms with Crippen molar-refractivity contribution < 1.29 is 8.42 Å². The molecule has 1 aromatic heterocycles. The van der Waals surface area contributed by atoms with Crippen molar-refractivity contribution in [2.45, 2.75) is 23.8 Å². The monoisotopic (exact) mass is 308 g/mol. The Balaban J connectivity index is 1.96. The van der Waals surface area contributed by atoms with Crippen molar-refractivity contribution in [1.82, 2.24) is 4.31 Å². The SMILES string of the molecule is Nc1ccc(S(=O)(=O)N2CCCC2c2cccs2)cc1. The van der Waals surface area contributed by atoms with E-state index in [1.54, 1.807) is 39.9 Å². The molecule has 1 unspecified atom stereocenters. The van der Waals surface area contributed by atoms with E-state index in [0.29, 0.717) is 17.1 Å². The summed E-state index contributed by atoms with van der Waals surface area (Å²) in [6.07, 6.45) is 1.78. The first-order valence-corrected chi connectivity index (χ1v) is 8.82. The highest BCUT2D eigenvalue weighted by atomic mass is 32.2. The molecule has 1 aromatic carbocycles. The Morgan fingerprint density at radius 3 is 2.60 bits per heavy atom. The Bertz CT molecular complexity index is 678. The minimum Gasteiger partial charge on any atom is -0.399 e. The summed E-state index contributed by atoms with van der Waals surface area (Å²) in [5.74, 6) is 0. The molecule has 4 nitrogen and oxygen atoms in total. The van der Waals surface area contributed by atoms with E-state index < -0.39 is 10.0 Å². The lowest BCUT2D eigenvalue weighted by atomic mass is 10.2. The summed E-state index contributed by atoms with van der Waals surface area (Å²) < 4.78 is 27.1. The fourth-order valence-electron chi connectivity index (χ4n) is 2.57. The molecule has 20 heavy (non-hydrogen) atoms. The third-order valence-corrected chi connectivity index (χ3v) is 6.46. The quantitative estimate of drug-likeness (QED) is 0.887. The molecule has 2 heterocycles. The number of anilines is 1. The van der Waals surface area contributed by atoms with Gasteiger partial charge < -0.3 is 5.73 Å². The highest BCUT2D eigenvalue weighted by Crippen LogP contribution is 2.38. The van der Waals surface area contributed by atoms with Crippen molar-refractivity contribution in [2.24, 2.45) is 0 Å². The number of nitrogens with zero attached hydrogens (tertiary/aromatic N) is 1.